The first-order chi connectivity index (χ1) is 12.8. The Hall–Kier alpha value is -2.81. The Kier molecular flexibility index (Phi) is 4.18. The molecule has 0 atom stereocenters. The van der Waals surface area contributed by atoms with Crippen LogP contribution in [-0.4, -0.2) is 42.8 Å². The molecule has 1 aromatic carbocycles. The number of rotatable bonds is 6. The Morgan fingerprint density at radius 3 is 2.70 bits per heavy atom. The molecule has 0 aliphatic heterocycles. The number of hydrogen-bond donors (Lipinski definition) is 3. The standard InChI is InChI=1S/C18H21N5O3S/c1-10-9-19-16-15(10)17(20-11-4-5-11)23-18(22-16)21-13-7-6-12(27(3,24)25)8-14(13)26-2/h6-9,11H,4-5H2,1-3H3,(H3,19,20,21,22,23). The highest BCUT2D eigenvalue weighted by atomic mass is 32.2. The highest BCUT2D eigenvalue weighted by molar-refractivity contribution is 7.90. The first kappa shape index (κ1) is 17.6. The summed E-state index contributed by atoms with van der Waals surface area (Å²) in [4.78, 5) is 12.5. The predicted octanol–water partition coefficient (Wildman–Crippen LogP) is 3.00. The van der Waals surface area contributed by atoms with Gasteiger partial charge in [-0.05, 0) is 37.5 Å². The first-order valence-corrected chi connectivity index (χ1v) is 10.5. The van der Waals surface area contributed by atoms with Crippen molar-refractivity contribution in [3.05, 3.63) is 30.0 Å². The number of ether oxygens (including phenoxy) is 1. The van der Waals surface area contributed by atoms with Gasteiger partial charge in [-0.2, -0.15) is 9.97 Å². The number of fused-ring (bicyclic) bond motifs is 1. The number of nitrogens with one attached hydrogen (secondary N) is 3. The van der Waals surface area contributed by atoms with E-state index in [1.54, 1.807) is 6.07 Å². The fourth-order valence-corrected chi connectivity index (χ4v) is 3.53. The third-order valence-corrected chi connectivity index (χ3v) is 5.60. The molecule has 1 fully saturated rings. The van der Waals surface area contributed by atoms with Crippen LogP contribution < -0.4 is 15.4 Å². The zero-order valence-electron chi connectivity index (χ0n) is 15.3. The molecule has 1 saturated carbocycles. The molecule has 0 amide bonds. The molecule has 2 heterocycles. The van der Waals surface area contributed by atoms with Crippen molar-refractivity contribution in [3.63, 3.8) is 0 Å². The van der Waals surface area contributed by atoms with Crippen LogP contribution in [0, 0.1) is 6.92 Å². The van der Waals surface area contributed by atoms with Crippen LogP contribution in [0.2, 0.25) is 0 Å². The molecular formula is C18H21N5O3S. The van der Waals surface area contributed by atoms with Crippen LogP contribution in [0.15, 0.2) is 29.3 Å². The molecule has 0 spiro atoms. The van der Waals surface area contributed by atoms with Gasteiger partial charge in [0.15, 0.2) is 9.84 Å². The number of nitrogens with zero attached hydrogens (tertiary/aromatic N) is 2. The molecule has 3 N–H and O–H groups in total. The minimum absolute atomic E-state index is 0.192. The van der Waals surface area contributed by atoms with Crippen LogP contribution in [0.5, 0.6) is 5.75 Å². The van der Waals surface area contributed by atoms with Crippen molar-refractivity contribution in [1.82, 2.24) is 15.0 Å². The summed E-state index contributed by atoms with van der Waals surface area (Å²) in [5.41, 5.74) is 2.40. The van der Waals surface area contributed by atoms with E-state index in [1.807, 2.05) is 13.1 Å². The van der Waals surface area contributed by atoms with E-state index in [0.29, 0.717) is 23.4 Å². The summed E-state index contributed by atoms with van der Waals surface area (Å²) in [6.45, 7) is 2.01. The molecule has 0 bridgehead atoms. The lowest BCUT2D eigenvalue weighted by Gasteiger charge is -2.13. The molecule has 0 saturated heterocycles. The van der Waals surface area contributed by atoms with Gasteiger partial charge in [-0.1, -0.05) is 0 Å². The summed E-state index contributed by atoms with van der Waals surface area (Å²) in [5.74, 6) is 1.59. The Labute approximate surface area is 157 Å². The summed E-state index contributed by atoms with van der Waals surface area (Å²) in [7, 11) is -1.83. The second-order valence-electron chi connectivity index (χ2n) is 6.77. The van der Waals surface area contributed by atoms with Gasteiger partial charge < -0.3 is 20.4 Å². The van der Waals surface area contributed by atoms with Crippen molar-refractivity contribution in [1.29, 1.82) is 0 Å². The molecule has 8 nitrogen and oxygen atoms in total. The molecule has 1 aliphatic carbocycles. The summed E-state index contributed by atoms with van der Waals surface area (Å²) in [6.07, 6.45) is 5.34. The number of aryl methyl sites for hydroxylation is 1. The average Bonchev–Trinajstić information content (AvgIpc) is 3.35. The minimum atomic E-state index is -3.32. The second kappa shape index (κ2) is 6.41. The second-order valence-corrected chi connectivity index (χ2v) is 8.78. The van der Waals surface area contributed by atoms with Crippen LogP contribution in [0.1, 0.15) is 18.4 Å². The summed E-state index contributed by atoms with van der Waals surface area (Å²) in [5, 5.41) is 7.56. The van der Waals surface area contributed by atoms with Crippen molar-refractivity contribution in [3.8, 4) is 5.75 Å². The Bertz CT molecular complexity index is 1120. The SMILES string of the molecule is COc1cc(S(C)(=O)=O)ccc1Nc1nc(NC2CC2)c2c(C)c[nH]c2n1. The first-order valence-electron chi connectivity index (χ1n) is 8.62. The van der Waals surface area contributed by atoms with E-state index in [4.69, 9.17) is 4.74 Å². The predicted molar refractivity (Wildman–Crippen MR) is 105 cm³/mol. The van der Waals surface area contributed by atoms with E-state index in [1.165, 1.54) is 19.2 Å². The third kappa shape index (κ3) is 3.55. The fraction of sp³-hybridized carbons (Fsp3) is 0.333. The van der Waals surface area contributed by atoms with Crippen molar-refractivity contribution >= 4 is 38.3 Å². The van der Waals surface area contributed by atoms with Crippen molar-refractivity contribution in [2.75, 3.05) is 24.0 Å². The van der Waals surface area contributed by atoms with Crippen LogP contribution in [0.3, 0.4) is 0 Å². The van der Waals surface area contributed by atoms with Gasteiger partial charge in [0.25, 0.3) is 0 Å². The number of methoxy groups -OCH3 is 1. The van der Waals surface area contributed by atoms with E-state index in [-0.39, 0.29) is 4.90 Å². The molecule has 0 unspecified atom stereocenters. The minimum Gasteiger partial charge on any atom is -0.495 e. The van der Waals surface area contributed by atoms with E-state index in [2.05, 4.69) is 25.6 Å². The molecule has 142 valence electrons. The van der Waals surface area contributed by atoms with E-state index >= 15 is 0 Å². The van der Waals surface area contributed by atoms with Gasteiger partial charge in [-0.25, -0.2) is 8.42 Å². The number of hydrogen-bond acceptors (Lipinski definition) is 7. The van der Waals surface area contributed by atoms with Crippen LogP contribution in [0.25, 0.3) is 11.0 Å². The van der Waals surface area contributed by atoms with E-state index in [0.717, 1.165) is 41.5 Å². The van der Waals surface area contributed by atoms with Crippen molar-refractivity contribution in [2.45, 2.75) is 30.7 Å². The smallest absolute Gasteiger partial charge is 0.231 e. The molecule has 0 radical (unpaired) electrons. The van der Waals surface area contributed by atoms with Gasteiger partial charge in [0.05, 0.1) is 23.1 Å². The highest BCUT2D eigenvalue weighted by Gasteiger charge is 2.24. The van der Waals surface area contributed by atoms with Crippen LogP contribution >= 0.6 is 0 Å². The van der Waals surface area contributed by atoms with Crippen LogP contribution in [0.4, 0.5) is 17.5 Å². The van der Waals surface area contributed by atoms with Crippen molar-refractivity contribution < 1.29 is 13.2 Å². The quantitative estimate of drug-likeness (QED) is 0.596. The van der Waals surface area contributed by atoms with Gasteiger partial charge in [0, 0.05) is 24.6 Å². The number of sulfone groups is 1. The Morgan fingerprint density at radius 2 is 2.04 bits per heavy atom. The third-order valence-electron chi connectivity index (χ3n) is 4.49. The zero-order chi connectivity index (χ0) is 19.2. The lowest BCUT2D eigenvalue weighted by Crippen LogP contribution is -2.07. The van der Waals surface area contributed by atoms with E-state index < -0.39 is 9.84 Å². The lowest BCUT2D eigenvalue weighted by atomic mass is 10.2. The highest BCUT2D eigenvalue weighted by Crippen LogP contribution is 2.33. The number of aromatic amines is 1. The number of anilines is 3. The number of benzene rings is 1. The Morgan fingerprint density at radius 1 is 1.26 bits per heavy atom. The maximum atomic E-state index is 11.8. The summed E-state index contributed by atoms with van der Waals surface area (Å²) < 4.78 is 28.9. The van der Waals surface area contributed by atoms with Gasteiger partial charge in [-0.3, -0.25) is 0 Å². The van der Waals surface area contributed by atoms with Crippen molar-refractivity contribution in [2.24, 2.45) is 0 Å². The fourth-order valence-electron chi connectivity index (χ4n) is 2.89. The van der Waals surface area contributed by atoms with Gasteiger partial charge in [-0.15, -0.1) is 0 Å². The monoisotopic (exact) mass is 387 g/mol. The van der Waals surface area contributed by atoms with Gasteiger partial charge in [0.1, 0.15) is 17.2 Å². The zero-order valence-corrected chi connectivity index (χ0v) is 16.1. The molecule has 3 aromatic rings. The molecule has 27 heavy (non-hydrogen) atoms. The normalized spacial score (nSPS) is 14.3. The van der Waals surface area contributed by atoms with Gasteiger partial charge in [0.2, 0.25) is 5.95 Å². The molecule has 9 heteroatoms. The average molecular weight is 387 g/mol. The molecule has 4 rings (SSSR count). The number of aromatic nitrogens is 3. The largest absolute Gasteiger partial charge is 0.495 e. The maximum absolute atomic E-state index is 11.8. The van der Waals surface area contributed by atoms with Gasteiger partial charge >= 0.3 is 0 Å². The topological polar surface area (TPSA) is 109 Å². The molecular weight excluding hydrogens is 366 g/mol. The number of H-pyrrole nitrogens is 1. The molecule has 2 aromatic heterocycles. The van der Waals surface area contributed by atoms with E-state index in [9.17, 15) is 8.42 Å². The maximum Gasteiger partial charge on any atom is 0.231 e. The summed E-state index contributed by atoms with van der Waals surface area (Å²) in [6, 6.07) is 5.12. The summed E-state index contributed by atoms with van der Waals surface area (Å²) >= 11 is 0. The molecule has 1 aliphatic rings. The van der Waals surface area contributed by atoms with Crippen LogP contribution in [-0.2, 0) is 9.84 Å². The Balaban J connectivity index is 1.73. The lowest BCUT2D eigenvalue weighted by molar-refractivity contribution is 0.415.